The first kappa shape index (κ1) is 16.2. The molecule has 1 aliphatic heterocycles. The lowest BCUT2D eigenvalue weighted by molar-refractivity contribution is 0.102. The number of methoxy groups -OCH3 is 1. The van der Waals surface area contributed by atoms with Crippen molar-refractivity contribution >= 4 is 17.3 Å². The van der Waals surface area contributed by atoms with Gasteiger partial charge in [0.15, 0.2) is 0 Å². The summed E-state index contributed by atoms with van der Waals surface area (Å²) in [6.07, 6.45) is 0.980. The molecule has 2 N–H and O–H groups in total. The number of anilines is 2. The highest BCUT2D eigenvalue weighted by Crippen LogP contribution is 2.29. The zero-order chi connectivity index (χ0) is 17.9. The molecule has 0 saturated carbocycles. The smallest absolute Gasteiger partial charge is 0.256 e. The summed E-state index contributed by atoms with van der Waals surface area (Å²) in [4.78, 5) is 13.0. The van der Waals surface area contributed by atoms with E-state index >= 15 is 0 Å². The molecule has 1 aliphatic rings. The Morgan fingerprint density at radius 3 is 2.69 bits per heavy atom. The van der Waals surface area contributed by atoms with Gasteiger partial charge in [0.25, 0.3) is 5.91 Å². The van der Waals surface area contributed by atoms with Gasteiger partial charge in [0.2, 0.25) is 0 Å². The number of carbonyl (C=O) groups excluding carboxylic acids is 1. The van der Waals surface area contributed by atoms with Crippen molar-refractivity contribution in [3.8, 4) is 16.9 Å². The van der Waals surface area contributed by atoms with E-state index in [0.717, 1.165) is 35.5 Å². The van der Waals surface area contributed by atoms with Gasteiger partial charge in [-0.1, -0.05) is 30.3 Å². The van der Waals surface area contributed by atoms with Crippen LogP contribution in [0.25, 0.3) is 11.1 Å². The molecule has 0 saturated heterocycles. The third-order valence-electron chi connectivity index (χ3n) is 4.63. The lowest BCUT2D eigenvalue weighted by atomic mass is 9.98. The van der Waals surface area contributed by atoms with Crippen LogP contribution in [0.5, 0.6) is 5.75 Å². The molecule has 0 atom stereocenters. The van der Waals surface area contributed by atoms with Gasteiger partial charge in [-0.15, -0.1) is 0 Å². The Hall–Kier alpha value is -3.27. The van der Waals surface area contributed by atoms with Gasteiger partial charge in [-0.3, -0.25) is 4.79 Å². The van der Waals surface area contributed by atoms with Crippen LogP contribution in [0.2, 0.25) is 0 Å². The second kappa shape index (κ2) is 6.92. The number of fused-ring (bicyclic) bond motifs is 1. The maximum absolute atomic E-state index is 13.0. The molecule has 26 heavy (non-hydrogen) atoms. The van der Waals surface area contributed by atoms with Crippen molar-refractivity contribution in [2.45, 2.75) is 6.42 Å². The zero-order valence-electron chi connectivity index (χ0n) is 14.6. The maximum Gasteiger partial charge on any atom is 0.256 e. The Kier molecular flexibility index (Phi) is 4.32. The maximum atomic E-state index is 13.0. The number of rotatable bonds is 4. The minimum Gasteiger partial charge on any atom is -0.497 e. The molecule has 0 aromatic heterocycles. The molecule has 4 nitrogen and oxygen atoms in total. The molecular formula is C22H20N2O2. The predicted molar refractivity (Wildman–Crippen MR) is 105 cm³/mol. The zero-order valence-corrected chi connectivity index (χ0v) is 14.6. The lowest BCUT2D eigenvalue weighted by Gasteiger charge is -2.13. The van der Waals surface area contributed by atoms with Gasteiger partial charge >= 0.3 is 0 Å². The van der Waals surface area contributed by atoms with Crippen LogP contribution in [0.4, 0.5) is 11.4 Å². The summed E-state index contributed by atoms with van der Waals surface area (Å²) in [6.45, 7) is 0.945. The van der Waals surface area contributed by atoms with Crippen LogP contribution >= 0.6 is 0 Å². The Labute approximate surface area is 152 Å². The van der Waals surface area contributed by atoms with E-state index in [1.807, 2.05) is 60.7 Å². The van der Waals surface area contributed by atoms with Crippen molar-refractivity contribution in [2.24, 2.45) is 0 Å². The van der Waals surface area contributed by atoms with Crippen molar-refractivity contribution in [1.29, 1.82) is 0 Å². The van der Waals surface area contributed by atoms with Gasteiger partial charge in [-0.05, 0) is 59.5 Å². The largest absolute Gasteiger partial charge is 0.497 e. The minimum absolute atomic E-state index is 0.145. The first-order chi connectivity index (χ1) is 12.7. The molecule has 0 spiro atoms. The van der Waals surface area contributed by atoms with E-state index in [1.165, 1.54) is 5.56 Å². The summed E-state index contributed by atoms with van der Waals surface area (Å²) in [7, 11) is 1.60. The summed E-state index contributed by atoms with van der Waals surface area (Å²) in [5.41, 5.74) is 5.66. The second-order valence-corrected chi connectivity index (χ2v) is 6.28. The molecule has 3 aromatic rings. The number of carbonyl (C=O) groups is 1. The molecule has 1 heterocycles. The van der Waals surface area contributed by atoms with Crippen molar-refractivity contribution in [3.05, 3.63) is 77.9 Å². The van der Waals surface area contributed by atoms with Gasteiger partial charge < -0.3 is 15.4 Å². The highest BCUT2D eigenvalue weighted by molar-refractivity contribution is 6.09. The average Bonchev–Trinajstić information content (AvgIpc) is 3.16. The molecule has 130 valence electrons. The van der Waals surface area contributed by atoms with Crippen molar-refractivity contribution in [3.63, 3.8) is 0 Å². The van der Waals surface area contributed by atoms with Crippen LogP contribution in [0.1, 0.15) is 15.9 Å². The Bertz CT molecular complexity index is 952. The van der Waals surface area contributed by atoms with Crippen LogP contribution in [-0.2, 0) is 6.42 Å². The SMILES string of the molecule is COc1ccc(-c2ccccc2)c(C(=O)Nc2ccc3c(c2)CCN3)c1. The van der Waals surface area contributed by atoms with Crippen LogP contribution in [0.3, 0.4) is 0 Å². The van der Waals surface area contributed by atoms with E-state index in [-0.39, 0.29) is 5.91 Å². The topological polar surface area (TPSA) is 50.4 Å². The fraction of sp³-hybridized carbons (Fsp3) is 0.136. The molecule has 0 aliphatic carbocycles. The Morgan fingerprint density at radius 1 is 1.04 bits per heavy atom. The molecule has 0 radical (unpaired) electrons. The normalized spacial score (nSPS) is 12.2. The Morgan fingerprint density at radius 2 is 1.88 bits per heavy atom. The fourth-order valence-electron chi connectivity index (χ4n) is 3.29. The average molecular weight is 344 g/mol. The molecule has 4 rings (SSSR count). The van der Waals surface area contributed by atoms with Crippen LogP contribution in [-0.4, -0.2) is 19.6 Å². The van der Waals surface area contributed by atoms with Gasteiger partial charge in [0.1, 0.15) is 5.75 Å². The van der Waals surface area contributed by atoms with Crippen molar-refractivity contribution in [2.75, 3.05) is 24.3 Å². The summed E-state index contributed by atoms with van der Waals surface area (Å²) in [5, 5.41) is 6.36. The standard InChI is InChI=1S/C22H20N2O2/c1-26-18-8-9-19(15-5-3-2-4-6-15)20(14-18)22(25)24-17-7-10-21-16(13-17)11-12-23-21/h2-10,13-14,23H,11-12H2,1H3,(H,24,25). The lowest BCUT2D eigenvalue weighted by Crippen LogP contribution is -2.13. The Balaban J connectivity index is 1.68. The summed E-state index contributed by atoms with van der Waals surface area (Å²) in [5.74, 6) is 0.515. The fourth-order valence-corrected chi connectivity index (χ4v) is 3.29. The first-order valence-electron chi connectivity index (χ1n) is 8.66. The number of amides is 1. The second-order valence-electron chi connectivity index (χ2n) is 6.28. The van der Waals surface area contributed by atoms with Gasteiger partial charge in [-0.2, -0.15) is 0 Å². The van der Waals surface area contributed by atoms with E-state index < -0.39 is 0 Å². The van der Waals surface area contributed by atoms with Crippen LogP contribution in [0.15, 0.2) is 66.7 Å². The van der Waals surface area contributed by atoms with Crippen LogP contribution in [0, 0.1) is 0 Å². The summed E-state index contributed by atoms with van der Waals surface area (Å²) in [6, 6.07) is 21.5. The first-order valence-corrected chi connectivity index (χ1v) is 8.66. The summed E-state index contributed by atoms with van der Waals surface area (Å²) >= 11 is 0. The minimum atomic E-state index is -0.145. The third kappa shape index (κ3) is 3.14. The highest BCUT2D eigenvalue weighted by Gasteiger charge is 2.16. The van der Waals surface area contributed by atoms with E-state index in [4.69, 9.17) is 4.74 Å². The van der Waals surface area contributed by atoms with Gasteiger partial charge in [0, 0.05) is 17.9 Å². The van der Waals surface area contributed by atoms with E-state index in [0.29, 0.717) is 11.3 Å². The molecular weight excluding hydrogens is 324 g/mol. The summed E-state index contributed by atoms with van der Waals surface area (Å²) < 4.78 is 5.32. The van der Waals surface area contributed by atoms with Gasteiger partial charge in [0.05, 0.1) is 12.7 Å². The van der Waals surface area contributed by atoms with E-state index in [1.54, 1.807) is 13.2 Å². The van der Waals surface area contributed by atoms with Crippen molar-refractivity contribution in [1.82, 2.24) is 0 Å². The molecule has 0 unspecified atom stereocenters. The predicted octanol–water partition coefficient (Wildman–Crippen LogP) is 4.58. The monoisotopic (exact) mass is 344 g/mol. The third-order valence-corrected chi connectivity index (χ3v) is 4.63. The highest BCUT2D eigenvalue weighted by atomic mass is 16.5. The number of ether oxygens (including phenoxy) is 1. The van der Waals surface area contributed by atoms with E-state index in [9.17, 15) is 4.79 Å². The number of hydrogen-bond donors (Lipinski definition) is 2. The number of hydrogen-bond acceptors (Lipinski definition) is 3. The quantitative estimate of drug-likeness (QED) is 0.728. The molecule has 0 bridgehead atoms. The van der Waals surface area contributed by atoms with Crippen molar-refractivity contribution < 1.29 is 9.53 Å². The molecule has 0 fully saturated rings. The van der Waals surface area contributed by atoms with E-state index in [2.05, 4.69) is 10.6 Å². The number of nitrogens with one attached hydrogen (secondary N) is 2. The molecule has 3 aromatic carbocycles. The molecule has 4 heteroatoms. The van der Waals surface area contributed by atoms with Crippen LogP contribution < -0.4 is 15.4 Å². The number of benzene rings is 3. The van der Waals surface area contributed by atoms with Gasteiger partial charge in [-0.25, -0.2) is 0 Å². The molecule has 1 amide bonds.